The molecule has 0 bridgehead atoms. The van der Waals surface area contributed by atoms with E-state index in [-0.39, 0.29) is 0 Å². The van der Waals surface area contributed by atoms with Crippen LogP contribution in [0.3, 0.4) is 0 Å². The second-order valence-corrected chi connectivity index (χ2v) is 6.27. The number of ether oxygens (including phenoxy) is 1. The molecule has 0 aliphatic rings. The van der Waals surface area contributed by atoms with E-state index < -0.39 is 0 Å². The largest absolute Gasteiger partial charge is 0.479 e. The fraction of sp³-hybridized carbons (Fsp3) is 0.158. The molecule has 9 nitrogen and oxygen atoms in total. The van der Waals surface area contributed by atoms with Crippen molar-refractivity contribution in [1.29, 1.82) is 0 Å². The lowest BCUT2D eigenvalue weighted by Gasteiger charge is -2.07. The standard InChI is InChI=1S/C19H16N8O/c1-12-25-18-15(26(12)10-16-20-5-3-6-21-16)8-13(9-22-18)14-4-7-27-17(14)19(28-2)23-11-24-27/h3-9,11H,10H2,1-2H3. The predicted molar refractivity (Wildman–Crippen MR) is 102 cm³/mol. The third-order valence-electron chi connectivity index (χ3n) is 4.64. The molecule has 0 radical (unpaired) electrons. The van der Waals surface area contributed by atoms with Crippen LogP contribution < -0.4 is 4.74 Å². The van der Waals surface area contributed by atoms with Crippen LogP contribution in [0.5, 0.6) is 5.88 Å². The first-order valence-electron chi connectivity index (χ1n) is 8.70. The number of hydrogen-bond acceptors (Lipinski definition) is 7. The first kappa shape index (κ1) is 16.3. The molecule has 0 atom stereocenters. The highest BCUT2D eigenvalue weighted by molar-refractivity contribution is 5.87. The van der Waals surface area contributed by atoms with Crippen molar-refractivity contribution in [3.8, 4) is 17.0 Å². The summed E-state index contributed by atoms with van der Waals surface area (Å²) in [4.78, 5) is 22.0. The third kappa shape index (κ3) is 2.56. The fourth-order valence-electron chi connectivity index (χ4n) is 3.33. The molecule has 5 rings (SSSR count). The number of aryl methyl sites for hydroxylation is 1. The Kier molecular flexibility index (Phi) is 3.71. The van der Waals surface area contributed by atoms with E-state index in [2.05, 4.69) is 40.7 Å². The van der Waals surface area contributed by atoms with Gasteiger partial charge in [-0.25, -0.2) is 24.5 Å². The van der Waals surface area contributed by atoms with E-state index in [1.54, 1.807) is 36.3 Å². The molecular weight excluding hydrogens is 356 g/mol. The first-order valence-corrected chi connectivity index (χ1v) is 8.70. The minimum absolute atomic E-state index is 0.512. The molecule has 0 spiro atoms. The summed E-state index contributed by atoms with van der Waals surface area (Å²) in [6.07, 6.45) is 8.62. The molecule has 0 amide bonds. The van der Waals surface area contributed by atoms with E-state index in [0.29, 0.717) is 18.1 Å². The van der Waals surface area contributed by atoms with Crippen LogP contribution in [-0.4, -0.2) is 46.2 Å². The summed E-state index contributed by atoms with van der Waals surface area (Å²) in [6, 6.07) is 5.84. The van der Waals surface area contributed by atoms with Crippen molar-refractivity contribution in [2.75, 3.05) is 7.11 Å². The molecule has 9 heteroatoms. The Morgan fingerprint density at radius 1 is 1.11 bits per heavy atom. The normalized spacial score (nSPS) is 11.4. The number of hydrogen-bond donors (Lipinski definition) is 0. The Bertz CT molecular complexity index is 1290. The smallest absolute Gasteiger partial charge is 0.241 e. The Labute approximate surface area is 159 Å². The summed E-state index contributed by atoms with van der Waals surface area (Å²) in [5.74, 6) is 2.09. The number of pyridine rings is 1. The van der Waals surface area contributed by atoms with E-state index in [9.17, 15) is 0 Å². The van der Waals surface area contributed by atoms with Crippen LogP contribution in [0.4, 0.5) is 0 Å². The van der Waals surface area contributed by atoms with Crippen LogP contribution in [0.15, 0.2) is 49.3 Å². The monoisotopic (exact) mass is 372 g/mol. The summed E-state index contributed by atoms with van der Waals surface area (Å²) in [5, 5.41) is 4.25. The molecule has 0 N–H and O–H groups in total. The van der Waals surface area contributed by atoms with Crippen LogP contribution in [0.25, 0.3) is 27.8 Å². The summed E-state index contributed by atoms with van der Waals surface area (Å²) in [6.45, 7) is 2.48. The van der Waals surface area contributed by atoms with Crippen LogP contribution in [0.2, 0.25) is 0 Å². The number of nitrogens with zero attached hydrogens (tertiary/aromatic N) is 8. The SMILES string of the molecule is COc1ncnn2ccc(-c3cnc4nc(C)n(Cc5ncccn5)c4c3)c12. The average Bonchev–Trinajstić information content (AvgIpc) is 3.30. The molecule has 5 aromatic rings. The molecule has 0 fully saturated rings. The molecule has 28 heavy (non-hydrogen) atoms. The van der Waals surface area contributed by atoms with Gasteiger partial charge in [0, 0.05) is 35.9 Å². The van der Waals surface area contributed by atoms with E-state index >= 15 is 0 Å². The van der Waals surface area contributed by atoms with Crippen LogP contribution in [0.1, 0.15) is 11.6 Å². The molecule has 5 aromatic heterocycles. The lowest BCUT2D eigenvalue weighted by molar-refractivity contribution is 0.399. The van der Waals surface area contributed by atoms with Gasteiger partial charge >= 0.3 is 0 Å². The number of aromatic nitrogens is 8. The van der Waals surface area contributed by atoms with Gasteiger partial charge in [-0.1, -0.05) is 0 Å². The second kappa shape index (κ2) is 6.38. The first-order chi connectivity index (χ1) is 13.7. The fourth-order valence-corrected chi connectivity index (χ4v) is 3.33. The van der Waals surface area contributed by atoms with Gasteiger partial charge in [-0.3, -0.25) is 0 Å². The topological polar surface area (TPSA) is 95.9 Å². The van der Waals surface area contributed by atoms with Crippen molar-refractivity contribution in [2.45, 2.75) is 13.5 Å². The van der Waals surface area contributed by atoms with Gasteiger partial charge in [0.2, 0.25) is 5.88 Å². The zero-order valence-corrected chi connectivity index (χ0v) is 15.3. The Morgan fingerprint density at radius 2 is 1.96 bits per heavy atom. The molecule has 138 valence electrons. The number of methoxy groups -OCH3 is 1. The number of imidazole rings is 1. The predicted octanol–water partition coefficient (Wildman–Crippen LogP) is 2.30. The highest BCUT2D eigenvalue weighted by Gasteiger charge is 2.16. The van der Waals surface area contributed by atoms with E-state index in [1.807, 2.05) is 19.2 Å². The minimum Gasteiger partial charge on any atom is -0.479 e. The molecule has 5 heterocycles. The van der Waals surface area contributed by atoms with Gasteiger partial charge in [-0.05, 0) is 25.1 Å². The molecular formula is C19H16N8O. The van der Waals surface area contributed by atoms with Crippen molar-refractivity contribution in [1.82, 2.24) is 39.1 Å². The van der Waals surface area contributed by atoms with E-state index in [4.69, 9.17) is 4.74 Å². The van der Waals surface area contributed by atoms with Crippen molar-refractivity contribution in [2.24, 2.45) is 0 Å². The minimum atomic E-state index is 0.512. The van der Waals surface area contributed by atoms with Crippen molar-refractivity contribution in [3.05, 3.63) is 61.0 Å². The maximum absolute atomic E-state index is 5.42. The van der Waals surface area contributed by atoms with Gasteiger partial charge < -0.3 is 9.30 Å². The quantitative estimate of drug-likeness (QED) is 0.477. The maximum Gasteiger partial charge on any atom is 0.241 e. The maximum atomic E-state index is 5.42. The van der Waals surface area contributed by atoms with Gasteiger partial charge in [0.15, 0.2) is 5.65 Å². The second-order valence-electron chi connectivity index (χ2n) is 6.27. The van der Waals surface area contributed by atoms with Gasteiger partial charge in [-0.2, -0.15) is 10.1 Å². The number of rotatable bonds is 4. The number of fused-ring (bicyclic) bond motifs is 2. The van der Waals surface area contributed by atoms with Crippen LogP contribution in [-0.2, 0) is 6.54 Å². The summed E-state index contributed by atoms with van der Waals surface area (Å²) in [5.41, 5.74) is 4.26. The molecule has 0 aliphatic heterocycles. The lowest BCUT2D eigenvalue weighted by Crippen LogP contribution is -2.05. The van der Waals surface area contributed by atoms with Crippen molar-refractivity contribution in [3.63, 3.8) is 0 Å². The van der Waals surface area contributed by atoms with Gasteiger partial charge in [-0.15, -0.1) is 0 Å². The summed E-state index contributed by atoms with van der Waals surface area (Å²) < 4.78 is 9.22. The lowest BCUT2D eigenvalue weighted by atomic mass is 10.1. The Hall–Kier alpha value is -3.88. The van der Waals surface area contributed by atoms with E-state index in [0.717, 1.165) is 33.8 Å². The van der Waals surface area contributed by atoms with Crippen LogP contribution >= 0.6 is 0 Å². The molecule has 0 unspecified atom stereocenters. The Morgan fingerprint density at radius 3 is 2.79 bits per heavy atom. The molecule has 0 aliphatic carbocycles. The molecule has 0 saturated carbocycles. The highest BCUT2D eigenvalue weighted by atomic mass is 16.5. The zero-order chi connectivity index (χ0) is 19.1. The van der Waals surface area contributed by atoms with Gasteiger partial charge in [0.1, 0.15) is 23.5 Å². The third-order valence-corrected chi connectivity index (χ3v) is 4.64. The summed E-state index contributed by atoms with van der Waals surface area (Å²) >= 11 is 0. The van der Waals surface area contributed by atoms with Crippen LogP contribution in [0, 0.1) is 6.92 Å². The van der Waals surface area contributed by atoms with Gasteiger partial charge in [0.05, 0.1) is 19.2 Å². The molecule has 0 saturated heterocycles. The van der Waals surface area contributed by atoms with Crippen molar-refractivity contribution < 1.29 is 4.74 Å². The van der Waals surface area contributed by atoms with E-state index in [1.165, 1.54) is 6.33 Å². The highest BCUT2D eigenvalue weighted by Crippen LogP contribution is 2.31. The van der Waals surface area contributed by atoms with Gasteiger partial charge in [0.25, 0.3) is 0 Å². The molecule has 0 aromatic carbocycles. The Balaban J connectivity index is 1.67. The van der Waals surface area contributed by atoms with Crippen molar-refractivity contribution >= 4 is 16.7 Å². The summed E-state index contributed by atoms with van der Waals surface area (Å²) in [7, 11) is 1.60. The average molecular weight is 372 g/mol. The zero-order valence-electron chi connectivity index (χ0n) is 15.3.